The smallest absolute Gasteiger partial charge is 0.0690 e. The van der Waals surface area contributed by atoms with Crippen molar-refractivity contribution in [2.45, 2.75) is 51.6 Å². The molecule has 112 valence electrons. The highest BCUT2D eigenvalue weighted by atomic mass is 16.3. The van der Waals surface area contributed by atoms with Crippen molar-refractivity contribution in [2.75, 3.05) is 0 Å². The molecule has 0 heterocycles. The van der Waals surface area contributed by atoms with Gasteiger partial charge in [0.2, 0.25) is 0 Å². The predicted octanol–water partition coefficient (Wildman–Crippen LogP) is 4.96. The molecule has 1 heteroatoms. The van der Waals surface area contributed by atoms with Crippen molar-refractivity contribution in [1.29, 1.82) is 0 Å². The van der Waals surface area contributed by atoms with Crippen LogP contribution in [0.15, 0.2) is 42.5 Å². The number of rotatable bonds is 3. The molecule has 1 saturated carbocycles. The fourth-order valence-electron chi connectivity index (χ4n) is 3.92. The monoisotopic (exact) mass is 282 g/mol. The van der Waals surface area contributed by atoms with E-state index in [-0.39, 0.29) is 0 Å². The number of benzene rings is 2. The predicted molar refractivity (Wildman–Crippen MR) is 89.4 cm³/mol. The van der Waals surface area contributed by atoms with E-state index in [0.29, 0.717) is 11.8 Å². The third-order valence-corrected chi connectivity index (χ3v) is 5.20. The Hall–Kier alpha value is -1.34. The molecule has 2 atom stereocenters. The highest BCUT2D eigenvalue weighted by Crippen LogP contribution is 2.39. The van der Waals surface area contributed by atoms with Crippen molar-refractivity contribution in [3.05, 3.63) is 48.0 Å². The summed E-state index contributed by atoms with van der Waals surface area (Å²) in [5.74, 6) is 1.34. The lowest BCUT2D eigenvalue weighted by molar-refractivity contribution is -0.0237. The van der Waals surface area contributed by atoms with Gasteiger partial charge in [-0.1, -0.05) is 62.7 Å². The number of hydrogen-bond acceptors (Lipinski definition) is 1. The summed E-state index contributed by atoms with van der Waals surface area (Å²) in [5, 5.41) is 13.7. The number of hydrogen-bond donors (Lipinski definition) is 1. The van der Waals surface area contributed by atoms with Crippen LogP contribution in [-0.4, -0.2) is 10.7 Å². The SMILES string of the molecule is CC(C)C1CCCC(O)(Cc2cccc3ccccc23)C1. The molecule has 0 radical (unpaired) electrons. The van der Waals surface area contributed by atoms with Gasteiger partial charge in [-0.2, -0.15) is 0 Å². The van der Waals surface area contributed by atoms with Crippen LogP contribution >= 0.6 is 0 Å². The van der Waals surface area contributed by atoms with Crippen LogP contribution in [-0.2, 0) is 6.42 Å². The van der Waals surface area contributed by atoms with Crippen LogP contribution in [0, 0.1) is 11.8 Å². The first-order valence-electron chi connectivity index (χ1n) is 8.26. The summed E-state index contributed by atoms with van der Waals surface area (Å²) in [6.45, 7) is 4.57. The van der Waals surface area contributed by atoms with Gasteiger partial charge >= 0.3 is 0 Å². The van der Waals surface area contributed by atoms with Crippen LogP contribution in [0.25, 0.3) is 10.8 Å². The zero-order valence-corrected chi connectivity index (χ0v) is 13.2. The molecule has 2 aromatic rings. The fourth-order valence-corrected chi connectivity index (χ4v) is 3.92. The van der Waals surface area contributed by atoms with Crippen molar-refractivity contribution >= 4 is 10.8 Å². The minimum Gasteiger partial charge on any atom is -0.390 e. The summed E-state index contributed by atoms with van der Waals surface area (Å²) < 4.78 is 0. The molecule has 1 aliphatic carbocycles. The largest absolute Gasteiger partial charge is 0.390 e. The molecule has 1 nitrogen and oxygen atoms in total. The van der Waals surface area contributed by atoms with E-state index in [1.54, 1.807) is 0 Å². The van der Waals surface area contributed by atoms with E-state index in [1.165, 1.54) is 22.8 Å². The van der Waals surface area contributed by atoms with Crippen molar-refractivity contribution < 1.29 is 5.11 Å². The first-order chi connectivity index (χ1) is 10.1. The molecular formula is C20H26O. The van der Waals surface area contributed by atoms with E-state index < -0.39 is 5.60 Å². The minimum absolute atomic E-state index is 0.517. The molecule has 2 unspecified atom stereocenters. The average molecular weight is 282 g/mol. The van der Waals surface area contributed by atoms with Crippen LogP contribution in [0.3, 0.4) is 0 Å². The molecule has 21 heavy (non-hydrogen) atoms. The van der Waals surface area contributed by atoms with Gasteiger partial charge in [-0.25, -0.2) is 0 Å². The van der Waals surface area contributed by atoms with E-state index in [9.17, 15) is 5.11 Å². The Morgan fingerprint density at radius 2 is 1.90 bits per heavy atom. The molecule has 1 fully saturated rings. The van der Waals surface area contributed by atoms with E-state index in [4.69, 9.17) is 0 Å². The second-order valence-electron chi connectivity index (χ2n) is 7.14. The van der Waals surface area contributed by atoms with Gasteiger partial charge in [0.05, 0.1) is 5.60 Å². The lowest BCUT2D eigenvalue weighted by Crippen LogP contribution is -2.38. The van der Waals surface area contributed by atoms with Gasteiger partial charge in [-0.05, 0) is 47.4 Å². The van der Waals surface area contributed by atoms with Crippen molar-refractivity contribution in [1.82, 2.24) is 0 Å². The quantitative estimate of drug-likeness (QED) is 0.843. The Balaban J connectivity index is 1.87. The first kappa shape index (κ1) is 14.6. The van der Waals surface area contributed by atoms with Gasteiger partial charge in [0.25, 0.3) is 0 Å². The van der Waals surface area contributed by atoms with E-state index in [0.717, 1.165) is 25.7 Å². The molecule has 1 aliphatic rings. The summed E-state index contributed by atoms with van der Waals surface area (Å²) in [5.41, 5.74) is 0.775. The van der Waals surface area contributed by atoms with Gasteiger partial charge in [-0.3, -0.25) is 0 Å². The zero-order chi connectivity index (χ0) is 14.9. The molecule has 0 amide bonds. The van der Waals surface area contributed by atoms with Crippen molar-refractivity contribution in [2.24, 2.45) is 11.8 Å². The minimum atomic E-state index is -0.517. The normalized spacial score (nSPS) is 26.4. The molecular weight excluding hydrogens is 256 g/mol. The third kappa shape index (κ3) is 3.13. The highest BCUT2D eigenvalue weighted by molar-refractivity contribution is 5.85. The van der Waals surface area contributed by atoms with Crippen LogP contribution in [0.5, 0.6) is 0 Å². The second-order valence-corrected chi connectivity index (χ2v) is 7.14. The summed E-state index contributed by atoms with van der Waals surface area (Å²) in [6, 6.07) is 14.9. The molecule has 0 aromatic heterocycles. The number of aliphatic hydroxyl groups is 1. The van der Waals surface area contributed by atoms with E-state index in [2.05, 4.69) is 56.3 Å². The Morgan fingerprint density at radius 3 is 2.71 bits per heavy atom. The summed E-state index contributed by atoms with van der Waals surface area (Å²) in [7, 11) is 0. The summed E-state index contributed by atoms with van der Waals surface area (Å²) in [4.78, 5) is 0. The molecule has 3 rings (SSSR count). The molecule has 2 aromatic carbocycles. The lowest BCUT2D eigenvalue weighted by atomic mass is 9.71. The second kappa shape index (κ2) is 5.81. The zero-order valence-electron chi connectivity index (χ0n) is 13.2. The molecule has 0 aliphatic heterocycles. The molecule has 0 spiro atoms. The van der Waals surface area contributed by atoms with Crippen LogP contribution in [0.2, 0.25) is 0 Å². The van der Waals surface area contributed by atoms with Crippen molar-refractivity contribution in [3.63, 3.8) is 0 Å². The molecule has 0 bridgehead atoms. The maximum absolute atomic E-state index is 11.1. The highest BCUT2D eigenvalue weighted by Gasteiger charge is 2.35. The Kier molecular flexibility index (Phi) is 4.03. The van der Waals surface area contributed by atoms with Crippen LogP contribution in [0.1, 0.15) is 45.1 Å². The molecule has 1 N–H and O–H groups in total. The summed E-state index contributed by atoms with van der Waals surface area (Å²) in [6.07, 6.45) is 5.12. The van der Waals surface area contributed by atoms with E-state index >= 15 is 0 Å². The van der Waals surface area contributed by atoms with E-state index in [1.807, 2.05) is 0 Å². The van der Waals surface area contributed by atoms with Gasteiger partial charge in [0.1, 0.15) is 0 Å². The van der Waals surface area contributed by atoms with Crippen LogP contribution in [0.4, 0.5) is 0 Å². The maximum atomic E-state index is 11.1. The van der Waals surface area contributed by atoms with Gasteiger partial charge < -0.3 is 5.11 Å². The summed E-state index contributed by atoms with van der Waals surface area (Å²) >= 11 is 0. The van der Waals surface area contributed by atoms with Gasteiger partial charge in [0.15, 0.2) is 0 Å². The maximum Gasteiger partial charge on any atom is 0.0690 e. The number of fused-ring (bicyclic) bond motifs is 1. The molecule has 0 saturated heterocycles. The third-order valence-electron chi connectivity index (χ3n) is 5.20. The Labute approximate surface area is 128 Å². The Bertz CT molecular complexity index is 611. The standard InChI is InChI=1S/C20H26O/c1-15(2)17-10-6-12-20(21,13-17)14-18-9-5-8-16-7-3-4-11-19(16)18/h3-5,7-9,11,15,17,21H,6,10,12-14H2,1-2H3. The van der Waals surface area contributed by atoms with Crippen LogP contribution < -0.4 is 0 Å². The van der Waals surface area contributed by atoms with Gasteiger partial charge in [0, 0.05) is 6.42 Å². The van der Waals surface area contributed by atoms with Crippen molar-refractivity contribution in [3.8, 4) is 0 Å². The lowest BCUT2D eigenvalue weighted by Gasteiger charge is -2.39. The fraction of sp³-hybridized carbons (Fsp3) is 0.500. The Morgan fingerprint density at radius 1 is 1.14 bits per heavy atom. The first-order valence-corrected chi connectivity index (χ1v) is 8.26. The van der Waals surface area contributed by atoms with Gasteiger partial charge in [-0.15, -0.1) is 0 Å². The average Bonchev–Trinajstić information content (AvgIpc) is 2.47. The topological polar surface area (TPSA) is 20.2 Å².